The van der Waals surface area contributed by atoms with Crippen molar-refractivity contribution < 1.29 is 4.79 Å². The van der Waals surface area contributed by atoms with E-state index in [2.05, 4.69) is 5.32 Å². The third-order valence-corrected chi connectivity index (χ3v) is 3.66. The molecular weight excluding hydrogens is 232 g/mol. The predicted octanol–water partition coefficient (Wildman–Crippen LogP) is 2.72. The molecule has 0 aromatic heterocycles. The largest absolute Gasteiger partial charge is 0.325 e. The van der Waals surface area contributed by atoms with Gasteiger partial charge in [0.2, 0.25) is 5.91 Å². The van der Waals surface area contributed by atoms with Crippen molar-refractivity contribution in [1.82, 2.24) is 0 Å². The Morgan fingerprint density at radius 3 is 2.47 bits per heavy atom. The SMILES string of the molecule is CCC(C)C(N)C(=O)Nc1ccc(SC)cc1. The summed E-state index contributed by atoms with van der Waals surface area (Å²) in [5.74, 6) is 0.0803. The maximum atomic E-state index is 11.8. The van der Waals surface area contributed by atoms with Crippen molar-refractivity contribution in [3.8, 4) is 0 Å². The second-order valence-corrected chi connectivity index (χ2v) is 5.01. The van der Waals surface area contributed by atoms with Gasteiger partial charge in [-0.15, -0.1) is 11.8 Å². The van der Waals surface area contributed by atoms with Gasteiger partial charge in [-0.2, -0.15) is 0 Å². The van der Waals surface area contributed by atoms with E-state index in [1.54, 1.807) is 11.8 Å². The molecule has 94 valence electrons. The Balaban J connectivity index is 2.61. The van der Waals surface area contributed by atoms with Crippen molar-refractivity contribution >= 4 is 23.4 Å². The monoisotopic (exact) mass is 252 g/mol. The van der Waals surface area contributed by atoms with Gasteiger partial charge in [-0.1, -0.05) is 20.3 Å². The molecule has 3 N–H and O–H groups in total. The highest BCUT2D eigenvalue weighted by Crippen LogP contribution is 2.18. The molecule has 1 amide bonds. The van der Waals surface area contributed by atoms with E-state index in [0.29, 0.717) is 0 Å². The smallest absolute Gasteiger partial charge is 0.241 e. The highest BCUT2D eigenvalue weighted by atomic mass is 32.2. The maximum absolute atomic E-state index is 11.8. The Morgan fingerprint density at radius 1 is 1.41 bits per heavy atom. The summed E-state index contributed by atoms with van der Waals surface area (Å²) in [6, 6.07) is 7.31. The van der Waals surface area contributed by atoms with E-state index in [1.807, 2.05) is 44.4 Å². The number of carbonyl (C=O) groups excluding carboxylic acids is 1. The van der Waals surface area contributed by atoms with E-state index in [-0.39, 0.29) is 11.8 Å². The summed E-state index contributed by atoms with van der Waals surface area (Å²) >= 11 is 1.67. The Morgan fingerprint density at radius 2 is 2.00 bits per heavy atom. The van der Waals surface area contributed by atoms with E-state index in [9.17, 15) is 4.79 Å². The van der Waals surface area contributed by atoms with Gasteiger partial charge in [0.15, 0.2) is 0 Å². The first kappa shape index (κ1) is 14.1. The molecule has 2 unspecified atom stereocenters. The molecule has 0 spiro atoms. The van der Waals surface area contributed by atoms with Crippen LogP contribution < -0.4 is 11.1 Å². The molecule has 0 heterocycles. The van der Waals surface area contributed by atoms with Gasteiger partial charge in [-0.3, -0.25) is 4.79 Å². The topological polar surface area (TPSA) is 55.1 Å². The quantitative estimate of drug-likeness (QED) is 0.792. The van der Waals surface area contributed by atoms with E-state index in [0.717, 1.165) is 12.1 Å². The van der Waals surface area contributed by atoms with Gasteiger partial charge in [0.1, 0.15) is 0 Å². The van der Waals surface area contributed by atoms with Crippen LogP contribution in [-0.4, -0.2) is 18.2 Å². The number of carbonyl (C=O) groups is 1. The van der Waals surface area contributed by atoms with Gasteiger partial charge in [0.05, 0.1) is 6.04 Å². The van der Waals surface area contributed by atoms with Crippen LogP contribution >= 0.6 is 11.8 Å². The second kappa shape index (κ2) is 6.67. The molecule has 0 bridgehead atoms. The first-order valence-electron chi connectivity index (χ1n) is 5.79. The van der Waals surface area contributed by atoms with Crippen molar-refractivity contribution in [2.45, 2.75) is 31.2 Å². The van der Waals surface area contributed by atoms with E-state index in [4.69, 9.17) is 5.73 Å². The average Bonchev–Trinajstić information content (AvgIpc) is 2.37. The highest BCUT2D eigenvalue weighted by molar-refractivity contribution is 7.98. The molecule has 1 rings (SSSR count). The van der Waals surface area contributed by atoms with Gasteiger partial charge in [-0.25, -0.2) is 0 Å². The third-order valence-electron chi connectivity index (χ3n) is 2.92. The number of rotatable bonds is 5. The molecule has 0 aliphatic heterocycles. The molecule has 17 heavy (non-hydrogen) atoms. The number of benzene rings is 1. The van der Waals surface area contributed by atoms with E-state index < -0.39 is 6.04 Å². The molecule has 0 aliphatic rings. The fourth-order valence-electron chi connectivity index (χ4n) is 1.41. The summed E-state index contributed by atoms with van der Waals surface area (Å²) in [5.41, 5.74) is 6.66. The Bertz CT molecular complexity index is 364. The summed E-state index contributed by atoms with van der Waals surface area (Å²) in [6.45, 7) is 4.02. The van der Waals surface area contributed by atoms with Crippen LogP contribution in [0.3, 0.4) is 0 Å². The van der Waals surface area contributed by atoms with Crippen LogP contribution in [0.1, 0.15) is 20.3 Å². The first-order valence-corrected chi connectivity index (χ1v) is 7.01. The molecule has 1 aromatic rings. The van der Waals surface area contributed by atoms with Crippen LogP contribution in [0.2, 0.25) is 0 Å². The molecule has 2 atom stereocenters. The van der Waals surface area contributed by atoms with E-state index >= 15 is 0 Å². The number of nitrogens with one attached hydrogen (secondary N) is 1. The fourth-order valence-corrected chi connectivity index (χ4v) is 1.82. The predicted molar refractivity (Wildman–Crippen MR) is 74.3 cm³/mol. The highest BCUT2D eigenvalue weighted by Gasteiger charge is 2.19. The molecule has 1 aromatic carbocycles. The minimum absolute atomic E-state index is 0.115. The average molecular weight is 252 g/mol. The Kier molecular flexibility index (Phi) is 5.51. The lowest BCUT2D eigenvalue weighted by Crippen LogP contribution is -2.40. The molecule has 0 aliphatic carbocycles. The number of thioether (sulfide) groups is 1. The summed E-state index contributed by atoms with van der Waals surface area (Å²) in [5, 5.41) is 2.84. The minimum atomic E-state index is -0.444. The van der Waals surface area contributed by atoms with Gasteiger partial charge in [0, 0.05) is 10.6 Å². The van der Waals surface area contributed by atoms with Crippen LogP contribution in [0.5, 0.6) is 0 Å². The van der Waals surface area contributed by atoms with Crippen molar-refractivity contribution in [1.29, 1.82) is 0 Å². The zero-order chi connectivity index (χ0) is 12.8. The summed E-state index contributed by atoms with van der Waals surface area (Å²) in [7, 11) is 0. The normalized spacial score (nSPS) is 14.1. The number of hydrogen-bond donors (Lipinski definition) is 2. The molecule has 0 fully saturated rings. The number of amides is 1. The summed E-state index contributed by atoms with van der Waals surface area (Å²) in [6.07, 6.45) is 2.92. The third kappa shape index (κ3) is 4.06. The molecular formula is C13H20N2OS. The Labute approximate surface area is 107 Å². The minimum Gasteiger partial charge on any atom is -0.325 e. The van der Waals surface area contributed by atoms with Crippen LogP contribution in [-0.2, 0) is 4.79 Å². The molecule has 3 nitrogen and oxygen atoms in total. The zero-order valence-electron chi connectivity index (χ0n) is 10.6. The van der Waals surface area contributed by atoms with Gasteiger partial charge in [0.25, 0.3) is 0 Å². The fraction of sp³-hybridized carbons (Fsp3) is 0.462. The Hall–Kier alpha value is -1.00. The first-order chi connectivity index (χ1) is 8.08. The molecule has 0 radical (unpaired) electrons. The summed E-state index contributed by atoms with van der Waals surface area (Å²) < 4.78 is 0. The van der Waals surface area contributed by atoms with Gasteiger partial charge < -0.3 is 11.1 Å². The number of nitrogens with two attached hydrogens (primary N) is 1. The maximum Gasteiger partial charge on any atom is 0.241 e. The lowest BCUT2D eigenvalue weighted by atomic mass is 9.99. The second-order valence-electron chi connectivity index (χ2n) is 4.13. The molecule has 0 saturated heterocycles. The number of anilines is 1. The van der Waals surface area contributed by atoms with Crippen molar-refractivity contribution in [2.75, 3.05) is 11.6 Å². The van der Waals surface area contributed by atoms with Crippen LogP contribution in [0.25, 0.3) is 0 Å². The zero-order valence-corrected chi connectivity index (χ0v) is 11.4. The lowest BCUT2D eigenvalue weighted by Gasteiger charge is -2.17. The van der Waals surface area contributed by atoms with E-state index in [1.165, 1.54) is 4.90 Å². The molecule has 0 saturated carbocycles. The lowest BCUT2D eigenvalue weighted by molar-refractivity contribution is -0.118. The van der Waals surface area contributed by atoms with Crippen LogP contribution in [0.4, 0.5) is 5.69 Å². The van der Waals surface area contributed by atoms with Crippen molar-refractivity contribution in [3.05, 3.63) is 24.3 Å². The van der Waals surface area contributed by atoms with Crippen molar-refractivity contribution in [3.63, 3.8) is 0 Å². The van der Waals surface area contributed by atoms with Crippen molar-refractivity contribution in [2.24, 2.45) is 11.7 Å². The molecule has 4 heteroatoms. The number of hydrogen-bond acceptors (Lipinski definition) is 3. The standard InChI is InChI=1S/C13H20N2OS/c1-4-9(2)12(14)13(16)15-10-5-7-11(17-3)8-6-10/h5-9,12H,4,14H2,1-3H3,(H,15,16). The van der Waals surface area contributed by atoms with Gasteiger partial charge >= 0.3 is 0 Å². The summed E-state index contributed by atoms with van der Waals surface area (Å²) in [4.78, 5) is 13.0. The van der Waals surface area contributed by atoms with Crippen LogP contribution in [0.15, 0.2) is 29.2 Å². The van der Waals surface area contributed by atoms with Gasteiger partial charge in [-0.05, 0) is 36.4 Å². The van der Waals surface area contributed by atoms with Crippen LogP contribution in [0, 0.1) is 5.92 Å².